The van der Waals surface area contributed by atoms with Gasteiger partial charge in [0, 0.05) is 6.92 Å². The fraction of sp³-hybridized carbons (Fsp3) is 0.971. The first-order valence-electron chi connectivity index (χ1n) is 20.2. The number of rotatable bonds is 17. The predicted octanol–water partition coefficient (Wildman–Crippen LogP) is -11.5. The normalized spacial score (nSPS) is 47.7. The number of nitrogens with two attached hydrogens (primary N) is 1. The molecule has 0 radical (unpaired) electrons. The van der Waals surface area contributed by atoms with Crippen molar-refractivity contribution < 1.29 is 139 Å². The summed E-state index contributed by atoms with van der Waals surface area (Å²) in [5.41, 5.74) is 5.58. The Balaban J connectivity index is 0.00000215. The van der Waals surface area contributed by atoms with E-state index in [0.29, 0.717) is 0 Å². The molecule has 25 atom stereocenters. The highest BCUT2D eigenvalue weighted by Gasteiger charge is 2.56. The minimum absolute atomic E-state index is 0.113. The molecular weight excluding hydrogens is 882 g/mol. The SMILES string of the molecule is CC(=O)O.NCCCO[C@H]1O[C@H](CO[C@H]2O[C@H](CO)[C@@H](O)[C@H](O)[C@@H]2O[C@H]2O[C@H](CO)[C@@H](O)[C@H](O)[C@@H]2O)[C@@H](O)[C@H](O[C@H]2O[C@H](CO)[C@@H](O)[C@H](O)[C@@H]2O[C@H]2O[C@H](CO)[C@@H](O)[C@H](O)[C@@H]2O)[C@@H]1O. The fourth-order valence-electron chi connectivity index (χ4n) is 7.28. The summed E-state index contributed by atoms with van der Waals surface area (Å²) >= 11 is 0. The van der Waals surface area contributed by atoms with Crippen molar-refractivity contribution >= 4 is 5.97 Å². The van der Waals surface area contributed by atoms with Crippen LogP contribution in [-0.4, -0.2) is 292 Å². The molecule has 29 nitrogen and oxygen atoms in total. The average molecular weight is 946 g/mol. The van der Waals surface area contributed by atoms with Crippen LogP contribution in [0.1, 0.15) is 13.3 Å². The molecule has 29 heteroatoms. The lowest BCUT2D eigenvalue weighted by Gasteiger charge is -2.49. The van der Waals surface area contributed by atoms with Crippen molar-refractivity contribution in [1.82, 2.24) is 0 Å². The highest BCUT2D eigenvalue weighted by molar-refractivity contribution is 5.62. The summed E-state index contributed by atoms with van der Waals surface area (Å²) in [4.78, 5) is 9.00. The summed E-state index contributed by atoms with van der Waals surface area (Å²) in [5.74, 6) is -0.833. The monoisotopic (exact) mass is 945 g/mol. The maximum Gasteiger partial charge on any atom is 0.300 e. The Bertz CT molecular complexity index is 1370. The molecule has 64 heavy (non-hydrogen) atoms. The van der Waals surface area contributed by atoms with E-state index in [-0.39, 0.29) is 19.6 Å². The Morgan fingerprint density at radius 1 is 0.438 bits per heavy atom. The number of ether oxygens (including phenoxy) is 10. The van der Waals surface area contributed by atoms with Crippen LogP contribution in [0.5, 0.6) is 0 Å². The molecule has 0 unspecified atom stereocenters. The van der Waals surface area contributed by atoms with Gasteiger partial charge in [-0.05, 0) is 13.0 Å². The smallest absolute Gasteiger partial charge is 0.300 e. The van der Waals surface area contributed by atoms with Crippen LogP contribution in [0.2, 0.25) is 0 Å². The van der Waals surface area contributed by atoms with E-state index in [2.05, 4.69) is 0 Å². The summed E-state index contributed by atoms with van der Waals surface area (Å²) in [7, 11) is 0. The number of aliphatic carboxylic acids is 1. The van der Waals surface area contributed by atoms with Crippen molar-refractivity contribution in [3.63, 3.8) is 0 Å². The Morgan fingerprint density at radius 2 is 0.797 bits per heavy atom. The number of hydrogen-bond acceptors (Lipinski definition) is 28. The first-order valence-corrected chi connectivity index (χ1v) is 20.2. The van der Waals surface area contributed by atoms with Gasteiger partial charge in [0.25, 0.3) is 5.97 Å². The summed E-state index contributed by atoms with van der Waals surface area (Å²) in [6.07, 6.45) is -45.2. The third-order valence-corrected chi connectivity index (χ3v) is 10.9. The summed E-state index contributed by atoms with van der Waals surface area (Å²) in [6, 6.07) is 0. The third-order valence-electron chi connectivity index (χ3n) is 10.9. The number of aliphatic hydroxyl groups is 16. The van der Waals surface area contributed by atoms with Crippen LogP contribution in [0, 0.1) is 0 Å². The molecule has 5 aliphatic rings. The van der Waals surface area contributed by atoms with Crippen LogP contribution >= 0.6 is 0 Å². The van der Waals surface area contributed by atoms with E-state index in [1.54, 1.807) is 0 Å². The largest absolute Gasteiger partial charge is 0.481 e. The van der Waals surface area contributed by atoms with Crippen LogP contribution < -0.4 is 5.73 Å². The molecule has 0 aromatic carbocycles. The van der Waals surface area contributed by atoms with Gasteiger partial charge in [-0.25, -0.2) is 0 Å². The third kappa shape index (κ3) is 12.9. The lowest BCUT2D eigenvalue weighted by atomic mass is 9.96. The molecule has 0 aromatic rings. The first-order chi connectivity index (χ1) is 30.3. The molecule has 5 heterocycles. The molecule has 0 saturated carbocycles. The van der Waals surface area contributed by atoms with Gasteiger partial charge in [-0.3, -0.25) is 4.79 Å². The van der Waals surface area contributed by atoms with Gasteiger partial charge in [0.1, 0.15) is 122 Å². The number of carboxylic acid groups (broad SMARTS) is 1. The molecular formula is C35H63NO28. The minimum Gasteiger partial charge on any atom is -0.481 e. The van der Waals surface area contributed by atoms with Gasteiger partial charge in [-0.15, -0.1) is 0 Å². The van der Waals surface area contributed by atoms with Crippen molar-refractivity contribution in [2.45, 2.75) is 167 Å². The van der Waals surface area contributed by atoms with Crippen LogP contribution in [0.3, 0.4) is 0 Å². The second-order valence-electron chi connectivity index (χ2n) is 15.5. The predicted molar refractivity (Wildman–Crippen MR) is 197 cm³/mol. The molecule has 0 aromatic heterocycles. The Labute approximate surface area is 363 Å². The van der Waals surface area contributed by atoms with Crippen LogP contribution in [0.4, 0.5) is 0 Å². The Morgan fingerprint density at radius 3 is 1.22 bits per heavy atom. The molecule has 0 bridgehead atoms. The Hall–Kier alpha value is -1.61. The highest BCUT2D eigenvalue weighted by atomic mass is 16.8. The summed E-state index contributed by atoms with van der Waals surface area (Å²) < 4.78 is 56.6. The highest BCUT2D eigenvalue weighted by Crippen LogP contribution is 2.35. The van der Waals surface area contributed by atoms with E-state index in [1.165, 1.54) is 0 Å². The molecule has 0 spiro atoms. The number of hydrogen-bond donors (Lipinski definition) is 18. The van der Waals surface area contributed by atoms with Crippen molar-refractivity contribution in [3.05, 3.63) is 0 Å². The van der Waals surface area contributed by atoms with E-state index in [1.807, 2.05) is 0 Å². The van der Waals surface area contributed by atoms with Gasteiger partial charge in [0.2, 0.25) is 0 Å². The molecule has 5 aliphatic heterocycles. The van der Waals surface area contributed by atoms with Gasteiger partial charge >= 0.3 is 0 Å². The van der Waals surface area contributed by atoms with E-state index in [0.717, 1.165) is 6.92 Å². The topological polar surface area (TPSA) is 479 Å². The quantitative estimate of drug-likeness (QED) is 0.0602. The van der Waals surface area contributed by atoms with E-state index in [4.69, 9.17) is 63.0 Å². The lowest BCUT2D eigenvalue weighted by molar-refractivity contribution is -0.392. The maximum atomic E-state index is 11.6. The molecule has 5 fully saturated rings. The second-order valence-corrected chi connectivity index (χ2v) is 15.5. The number of carboxylic acids is 1. The van der Waals surface area contributed by atoms with Crippen LogP contribution in [0.15, 0.2) is 0 Å². The number of aliphatic hydroxyl groups excluding tert-OH is 16. The molecule has 5 rings (SSSR count). The summed E-state index contributed by atoms with van der Waals surface area (Å²) in [5, 5.41) is 175. The van der Waals surface area contributed by atoms with Crippen molar-refractivity contribution in [3.8, 4) is 0 Å². The first kappa shape index (κ1) is 55.0. The summed E-state index contributed by atoms with van der Waals surface area (Å²) in [6.45, 7) is -3.13. The van der Waals surface area contributed by atoms with E-state index in [9.17, 15) is 81.7 Å². The van der Waals surface area contributed by atoms with E-state index >= 15 is 0 Å². The van der Waals surface area contributed by atoms with Gasteiger partial charge in [-0.2, -0.15) is 0 Å². The van der Waals surface area contributed by atoms with E-state index < -0.39 is 193 Å². The molecule has 376 valence electrons. The standard InChI is InChI=1S/C33H59NO26.C2H4O2/c34-2-1-3-51-29-25(50)26(58-33-28(22(47)17(42)12(7-38)56-33)60-31-24(49)20(45)15(40)10(5-36)54-31)18(43)13(57-29)8-52-32-27(21(46)16(41)11(6-37)55-32)59-30-23(48)19(44)14(39)9(4-35)53-30;1-2(3)4/h9-33,35-50H,1-8,34H2;1H3,(H,3,4)/t9-,10-,11-,12-,13-,14-,15-,16-,17-,18-,19+,20+,21+,22+,23+,24+,25+,26+,27+,28+,29+,30-,31-,32+,33-;/m1./s1. The lowest BCUT2D eigenvalue weighted by Crippen LogP contribution is -2.67. The van der Waals surface area contributed by atoms with Gasteiger partial charge in [0.15, 0.2) is 31.5 Å². The molecule has 0 aliphatic carbocycles. The van der Waals surface area contributed by atoms with Crippen LogP contribution in [0.25, 0.3) is 0 Å². The van der Waals surface area contributed by atoms with Crippen molar-refractivity contribution in [2.75, 3.05) is 46.2 Å². The molecule has 5 saturated heterocycles. The van der Waals surface area contributed by atoms with Gasteiger partial charge in [-0.1, -0.05) is 0 Å². The zero-order valence-corrected chi connectivity index (χ0v) is 34.3. The average Bonchev–Trinajstić information content (AvgIpc) is 3.26. The zero-order valence-electron chi connectivity index (χ0n) is 34.3. The second kappa shape index (κ2) is 25.1. The number of carbonyl (C=O) groups is 1. The van der Waals surface area contributed by atoms with Gasteiger partial charge in [0.05, 0.1) is 39.6 Å². The zero-order chi connectivity index (χ0) is 47.7. The van der Waals surface area contributed by atoms with Crippen molar-refractivity contribution in [2.24, 2.45) is 5.73 Å². The molecule has 19 N–H and O–H groups in total. The molecule has 0 amide bonds. The van der Waals surface area contributed by atoms with Crippen LogP contribution in [-0.2, 0) is 52.2 Å². The Kier molecular flexibility index (Phi) is 21.6. The minimum atomic E-state index is -2.02. The maximum absolute atomic E-state index is 11.6. The van der Waals surface area contributed by atoms with Crippen molar-refractivity contribution in [1.29, 1.82) is 0 Å². The fourth-order valence-corrected chi connectivity index (χ4v) is 7.28. The van der Waals surface area contributed by atoms with Gasteiger partial charge < -0.3 is 140 Å².